The van der Waals surface area contributed by atoms with E-state index in [0.29, 0.717) is 19.4 Å². The lowest BCUT2D eigenvalue weighted by atomic mass is 10.1. The monoisotopic (exact) mass is 402 g/mol. The highest BCUT2D eigenvalue weighted by molar-refractivity contribution is 5.95. The number of guanidine groups is 1. The standard InChI is InChI=1S/C22H34N4O3/c1-3-23-22(24-15-7-5-4-6-10-21(28)29-2)25-17-18-11-13-19(14-12-18)26-16-8-9-20(26)27/h11-14H,3-10,15-17H2,1-2H3,(H2,23,24,25). The van der Waals surface area contributed by atoms with Gasteiger partial charge in [0.05, 0.1) is 13.7 Å². The molecule has 29 heavy (non-hydrogen) atoms. The van der Waals surface area contributed by atoms with Gasteiger partial charge in [0.2, 0.25) is 5.91 Å². The summed E-state index contributed by atoms with van der Waals surface area (Å²) < 4.78 is 4.64. The largest absolute Gasteiger partial charge is 0.469 e. The summed E-state index contributed by atoms with van der Waals surface area (Å²) in [6, 6.07) is 8.08. The highest BCUT2D eigenvalue weighted by atomic mass is 16.5. The number of nitrogens with zero attached hydrogens (tertiary/aromatic N) is 2. The number of carbonyl (C=O) groups is 2. The molecule has 1 aliphatic rings. The van der Waals surface area contributed by atoms with E-state index >= 15 is 0 Å². The van der Waals surface area contributed by atoms with E-state index in [0.717, 1.165) is 68.9 Å². The molecule has 1 amide bonds. The normalized spacial score (nSPS) is 14.2. The van der Waals surface area contributed by atoms with Crippen LogP contribution in [0.3, 0.4) is 0 Å². The molecule has 0 spiro atoms. The third-order valence-electron chi connectivity index (χ3n) is 4.91. The lowest BCUT2D eigenvalue weighted by Crippen LogP contribution is -2.37. The van der Waals surface area contributed by atoms with E-state index in [1.54, 1.807) is 0 Å². The van der Waals surface area contributed by atoms with E-state index < -0.39 is 0 Å². The zero-order valence-electron chi connectivity index (χ0n) is 17.7. The summed E-state index contributed by atoms with van der Waals surface area (Å²) in [5, 5.41) is 6.62. The van der Waals surface area contributed by atoms with Crippen LogP contribution in [-0.4, -0.2) is 44.6 Å². The predicted octanol–water partition coefficient (Wildman–Crippen LogP) is 2.99. The highest BCUT2D eigenvalue weighted by Crippen LogP contribution is 2.21. The second kappa shape index (κ2) is 12.8. The van der Waals surface area contributed by atoms with Gasteiger partial charge in [-0.2, -0.15) is 0 Å². The molecule has 0 atom stereocenters. The van der Waals surface area contributed by atoms with Crippen LogP contribution < -0.4 is 15.5 Å². The van der Waals surface area contributed by atoms with E-state index in [-0.39, 0.29) is 11.9 Å². The molecule has 0 saturated carbocycles. The topological polar surface area (TPSA) is 83.0 Å². The van der Waals surface area contributed by atoms with Crippen molar-refractivity contribution in [3.05, 3.63) is 29.8 Å². The van der Waals surface area contributed by atoms with Crippen LogP contribution in [0.1, 0.15) is 57.4 Å². The fraction of sp³-hybridized carbons (Fsp3) is 0.591. The van der Waals surface area contributed by atoms with E-state index in [9.17, 15) is 9.59 Å². The van der Waals surface area contributed by atoms with Crippen LogP contribution in [0.4, 0.5) is 5.69 Å². The molecule has 2 rings (SSSR count). The van der Waals surface area contributed by atoms with Crippen LogP contribution in [0.2, 0.25) is 0 Å². The summed E-state index contributed by atoms with van der Waals surface area (Å²) in [5.41, 5.74) is 2.08. The minimum absolute atomic E-state index is 0.134. The number of aliphatic imine (C=N–C) groups is 1. The van der Waals surface area contributed by atoms with E-state index in [1.807, 2.05) is 36.1 Å². The number of rotatable bonds is 11. The molecule has 7 heteroatoms. The highest BCUT2D eigenvalue weighted by Gasteiger charge is 2.21. The van der Waals surface area contributed by atoms with Crippen LogP contribution in [0.5, 0.6) is 0 Å². The smallest absolute Gasteiger partial charge is 0.305 e. The van der Waals surface area contributed by atoms with Crippen molar-refractivity contribution in [2.45, 2.75) is 58.4 Å². The number of ether oxygens (including phenoxy) is 1. The Morgan fingerprint density at radius 2 is 1.90 bits per heavy atom. The van der Waals surface area contributed by atoms with Crippen molar-refractivity contribution in [1.29, 1.82) is 0 Å². The first kappa shape index (κ1) is 22.7. The van der Waals surface area contributed by atoms with Gasteiger partial charge in [0, 0.05) is 38.2 Å². The van der Waals surface area contributed by atoms with Crippen molar-refractivity contribution in [1.82, 2.24) is 10.6 Å². The van der Waals surface area contributed by atoms with Gasteiger partial charge in [-0.25, -0.2) is 4.99 Å². The van der Waals surface area contributed by atoms with E-state index in [1.165, 1.54) is 7.11 Å². The average molecular weight is 403 g/mol. The molecular formula is C22H34N4O3. The van der Waals surface area contributed by atoms with Gasteiger partial charge >= 0.3 is 5.97 Å². The first-order chi connectivity index (χ1) is 14.1. The molecule has 2 N–H and O–H groups in total. The second-order valence-electron chi connectivity index (χ2n) is 7.18. The molecule has 1 fully saturated rings. The molecule has 1 heterocycles. The number of nitrogens with one attached hydrogen (secondary N) is 2. The van der Waals surface area contributed by atoms with E-state index in [4.69, 9.17) is 0 Å². The molecule has 0 unspecified atom stereocenters. The first-order valence-electron chi connectivity index (χ1n) is 10.6. The van der Waals surface area contributed by atoms with Crippen molar-refractivity contribution >= 4 is 23.5 Å². The number of carbonyl (C=O) groups excluding carboxylic acids is 2. The molecule has 1 aromatic carbocycles. The van der Waals surface area contributed by atoms with Crippen LogP contribution in [0, 0.1) is 0 Å². The van der Waals surface area contributed by atoms with Gasteiger partial charge in [0.1, 0.15) is 0 Å². The number of esters is 1. The number of unbranched alkanes of at least 4 members (excludes halogenated alkanes) is 3. The molecule has 1 aliphatic heterocycles. The van der Waals surface area contributed by atoms with E-state index in [2.05, 4.69) is 20.4 Å². The Bertz CT molecular complexity index is 673. The van der Waals surface area contributed by atoms with Crippen LogP contribution in [-0.2, 0) is 20.9 Å². The predicted molar refractivity (Wildman–Crippen MR) is 116 cm³/mol. The Kier molecular flexibility index (Phi) is 10.0. The Morgan fingerprint density at radius 3 is 2.55 bits per heavy atom. The Morgan fingerprint density at radius 1 is 1.14 bits per heavy atom. The minimum Gasteiger partial charge on any atom is -0.469 e. The van der Waals surface area contributed by atoms with Gasteiger partial charge in [-0.05, 0) is 43.9 Å². The molecule has 0 bridgehead atoms. The number of anilines is 1. The zero-order chi connectivity index (χ0) is 20.9. The lowest BCUT2D eigenvalue weighted by Gasteiger charge is -2.16. The molecule has 1 aromatic rings. The third kappa shape index (κ3) is 8.13. The van der Waals surface area contributed by atoms with Gasteiger partial charge in [-0.1, -0.05) is 25.0 Å². The molecule has 7 nitrogen and oxygen atoms in total. The molecule has 160 valence electrons. The van der Waals surface area contributed by atoms with Crippen molar-refractivity contribution in [3.8, 4) is 0 Å². The quantitative estimate of drug-likeness (QED) is 0.257. The van der Waals surface area contributed by atoms with Crippen LogP contribution in [0.25, 0.3) is 0 Å². The maximum atomic E-state index is 11.8. The molecule has 0 aliphatic carbocycles. The number of hydrogen-bond acceptors (Lipinski definition) is 4. The summed E-state index contributed by atoms with van der Waals surface area (Å²) in [7, 11) is 1.43. The van der Waals surface area contributed by atoms with Crippen LogP contribution in [0.15, 0.2) is 29.3 Å². The van der Waals surface area contributed by atoms with Crippen molar-refractivity contribution < 1.29 is 14.3 Å². The number of benzene rings is 1. The summed E-state index contributed by atoms with van der Waals surface area (Å²) in [6.45, 7) is 5.10. The lowest BCUT2D eigenvalue weighted by molar-refractivity contribution is -0.140. The fourth-order valence-electron chi connectivity index (χ4n) is 3.27. The molecular weight excluding hydrogens is 368 g/mol. The molecule has 0 radical (unpaired) electrons. The van der Waals surface area contributed by atoms with Gasteiger partial charge < -0.3 is 20.3 Å². The first-order valence-corrected chi connectivity index (χ1v) is 10.6. The maximum Gasteiger partial charge on any atom is 0.305 e. The second-order valence-corrected chi connectivity index (χ2v) is 7.18. The van der Waals surface area contributed by atoms with Gasteiger partial charge in [0.25, 0.3) is 0 Å². The SMILES string of the molecule is CCNC(=NCc1ccc(N2CCCC2=O)cc1)NCCCCCCC(=O)OC. The van der Waals surface area contributed by atoms with Gasteiger partial charge in [-0.3, -0.25) is 9.59 Å². The Balaban J connectivity index is 1.72. The average Bonchev–Trinajstić information content (AvgIpc) is 3.17. The maximum absolute atomic E-state index is 11.8. The number of methoxy groups -OCH3 is 1. The minimum atomic E-state index is -0.134. The molecule has 0 aromatic heterocycles. The fourth-order valence-corrected chi connectivity index (χ4v) is 3.27. The summed E-state index contributed by atoms with van der Waals surface area (Å²) >= 11 is 0. The van der Waals surface area contributed by atoms with Crippen molar-refractivity contribution in [2.24, 2.45) is 4.99 Å². The molecule has 1 saturated heterocycles. The summed E-state index contributed by atoms with van der Waals surface area (Å²) in [6.07, 6.45) is 6.09. The van der Waals surface area contributed by atoms with Gasteiger partial charge in [0.15, 0.2) is 5.96 Å². The number of hydrogen-bond donors (Lipinski definition) is 2. The Hall–Kier alpha value is -2.57. The summed E-state index contributed by atoms with van der Waals surface area (Å²) in [4.78, 5) is 29.4. The number of amides is 1. The van der Waals surface area contributed by atoms with Crippen LogP contribution >= 0.6 is 0 Å². The van der Waals surface area contributed by atoms with Crippen molar-refractivity contribution in [2.75, 3.05) is 31.6 Å². The Labute approximate surface area is 173 Å². The zero-order valence-corrected chi connectivity index (χ0v) is 17.7. The van der Waals surface area contributed by atoms with Gasteiger partial charge in [-0.15, -0.1) is 0 Å². The third-order valence-corrected chi connectivity index (χ3v) is 4.91. The van der Waals surface area contributed by atoms with Crippen molar-refractivity contribution in [3.63, 3.8) is 0 Å². The summed E-state index contributed by atoms with van der Waals surface area (Å²) in [5.74, 6) is 0.880.